The second-order valence-electron chi connectivity index (χ2n) is 9.45. The van der Waals surface area contributed by atoms with Crippen LogP contribution in [0, 0.1) is 12.8 Å². The summed E-state index contributed by atoms with van der Waals surface area (Å²) in [5.41, 5.74) is 1.32. The molecule has 2 atom stereocenters. The fourth-order valence-electron chi connectivity index (χ4n) is 4.67. The number of carbonyl (C=O) groups excluding carboxylic acids is 1. The van der Waals surface area contributed by atoms with Crippen molar-refractivity contribution < 1.29 is 14.3 Å². The van der Waals surface area contributed by atoms with Crippen LogP contribution in [0.25, 0.3) is 0 Å². The molecule has 2 aromatic heterocycles. The quantitative estimate of drug-likeness (QED) is 0.522. The predicted molar refractivity (Wildman–Crippen MR) is 131 cm³/mol. The van der Waals surface area contributed by atoms with E-state index in [0.29, 0.717) is 36.6 Å². The fraction of sp³-hybridized carbons (Fsp3) is 0.458. The molecule has 184 valence electrons. The zero-order valence-corrected chi connectivity index (χ0v) is 20.9. The number of amides is 1. The van der Waals surface area contributed by atoms with Gasteiger partial charge in [-0.15, -0.1) is 0 Å². The van der Waals surface area contributed by atoms with Crippen molar-refractivity contribution in [2.75, 3.05) is 23.4 Å². The molecule has 2 saturated heterocycles. The fourth-order valence-corrected chi connectivity index (χ4v) is 4.80. The first-order chi connectivity index (χ1) is 16.7. The Morgan fingerprint density at radius 2 is 1.91 bits per heavy atom. The molecule has 3 aromatic rings. The molecule has 1 amide bonds. The number of imidazole rings is 1. The molecule has 0 bridgehead atoms. The Morgan fingerprint density at radius 3 is 2.57 bits per heavy atom. The molecule has 1 N–H and O–H groups in total. The molecule has 5 rings (SSSR count). The number of nitrogens with zero attached hydrogens (tertiary/aromatic N) is 6. The van der Waals surface area contributed by atoms with Gasteiger partial charge in [0.25, 0.3) is 0 Å². The summed E-state index contributed by atoms with van der Waals surface area (Å²) >= 11 is 5.98. The summed E-state index contributed by atoms with van der Waals surface area (Å²) in [4.78, 5) is 32.4. The largest absolute Gasteiger partial charge is 0.435 e. The number of aryl methyl sites for hydroxylation is 1. The molecule has 10 nitrogen and oxygen atoms in total. The van der Waals surface area contributed by atoms with E-state index in [1.165, 1.54) is 0 Å². The molecule has 2 aliphatic heterocycles. The molecular formula is C24H28ClN7O3. The van der Waals surface area contributed by atoms with E-state index in [-0.39, 0.29) is 23.9 Å². The number of aromatic nitrogens is 5. The van der Waals surface area contributed by atoms with Gasteiger partial charge in [0.15, 0.2) is 5.60 Å². The highest BCUT2D eigenvalue weighted by Gasteiger charge is 2.61. The lowest BCUT2D eigenvalue weighted by molar-refractivity contribution is -0.174. The number of hydrogen-bond donors (Lipinski definition) is 1. The number of hydrogen-bond acceptors (Lipinski definition) is 8. The Labute approximate surface area is 208 Å². The second kappa shape index (κ2) is 9.09. The highest BCUT2D eigenvalue weighted by atomic mass is 35.5. The Kier molecular flexibility index (Phi) is 6.10. The molecule has 11 heteroatoms. The van der Waals surface area contributed by atoms with Gasteiger partial charge >= 0.3 is 6.09 Å². The Balaban J connectivity index is 1.33. The van der Waals surface area contributed by atoms with E-state index in [1.54, 1.807) is 18.2 Å². The van der Waals surface area contributed by atoms with Crippen molar-refractivity contribution >= 4 is 29.6 Å². The van der Waals surface area contributed by atoms with Crippen molar-refractivity contribution in [1.29, 1.82) is 0 Å². The van der Waals surface area contributed by atoms with Crippen LogP contribution in [0.5, 0.6) is 0 Å². The maximum atomic E-state index is 12.8. The molecule has 0 radical (unpaired) electrons. The lowest BCUT2D eigenvalue weighted by Gasteiger charge is -2.42. The molecule has 1 spiro atoms. The van der Waals surface area contributed by atoms with Crippen molar-refractivity contribution in [2.24, 2.45) is 5.92 Å². The van der Waals surface area contributed by atoms with E-state index >= 15 is 0 Å². The maximum absolute atomic E-state index is 12.8. The van der Waals surface area contributed by atoms with Crippen LogP contribution >= 0.6 is 11.6 Å². The Bertz CT molecular complexity index is 1230. The standard InChI is InChI=1S/C24H28ClN7O3/c1-14(2)20-24(11-34-12-24)35-23(33)32(20)22-29-16(4)28-21(30-22)27-15(3)19-10-31(13-26-19)9-17-5-7-18(25)8-6-17/h5-8,10,13-15,20H,9,11-12H2,1-4H3,(H,27,28,29,30)/t15-,20-/m0/s1. The molecule has 35 heavy (non-hydrogen) atoms. The molecule has 0 saturated carbocycles. The van der Waals surface area contributed by atoms with Crippen LogP contribution < -0.4 is 10.2 Å². The van der Waals surface area contributed by atoms with Crippen LogP contribution in [-0.4, -0.2) is 55.5 Å². The topological polar surface area (TPSA) is 107 Å². The van der Waals surface area contributed by atoms with Crippen LogP contribution in [0.1, 0.15) is 43.9 Å². The van der Waals surface area contributed by atoms with Gasteiger partial charge in [-0.3, -0.25) is 0 Å². The van der Waals surface area contributed by atoms with Crippen molar-refractivity contribution in [3.05, 3.63) is 58.9 Å². The van der Waals surface area contributed by atoms with Gasteiger partial charge in [0, 0.05) is 17.8 Å². The smallest absolute Gasteiger partial charge is 0.417 e. The number of nitrogens with one attached hydrogen (secondary N) is 1. The van der Waals surface area contributed by atoms with E-state index in [1.807, 2.05) is 42.0 Å². The van der Waals surface area contributed by atoms with Gasteiger partial charge in [-0.05, 0) is 37.5 Å². The Hall–Kier alpha value is -3.24. The minimum atomic E-state index is -0.649. The highest BCUT2D eigenvalue weighted by molar-refractivity contribution is 6.30. The lowest BCUT2D eigenvalue weighted by atomic mass is 9.84. The van der Waals surface area contributed by atoms with E-state index in [9.17, 15) is 4.79 Å². The van der Waals surface area contributed by atoms with E-state index in [2.05, 4.69) is 39.1 Å². The average molecular weight is 498 g/mol. The third kappa shape index (κ3) is 4.55. The van der Waals surface area contributed by atoms with Crippen molar-refractivity contribution in [2.45, 2.75) is 51.9 Å². The zero-order valence-electron chi connectivity index (χ0n) is 20.1. The summed E-state index contributed by atoms with van der Waals surface area (Å²) in [5.74, 6) is 1.27. The van der Waals surface area contributed by atoms with E-state index < -0.39 is 11.7 Å². The van der Waals surface area contributed by atoms with Crippen LogP contribution in [0.2, 0.25) is 5.02 Å². The highest BCUT2D eigenvalue weighted by Crippen LogP contribution is 2.41. The van der Waals surface area contributed by atoms with Crippen molar-refractivity contribution in [3.63, 3.8) is 0 Å². The number of rotatable bonds is 7. The number of halogens is 1. The lowest BCUT2D eigenvalue weighted by Crippen LogP contribution is -2.61. The first-order valence-corrected chi connectivity index (χ1v) is 12.0. The summed E-state index contributed by atoms with van der Waals surface area (Å²) in [5, 5.41) is 4.01. The molecule has 4 heterocycles. The second-order valence-corrected chi connectivity index (χ2v) is 9.89. The van der Waals surface area contributed by atoms with Gasteiger partial charge in [0.2, 0.25) is 11.9 Å². The number of anilines is 2. The molecule has 0 unspecified atom stereocenters. The predicted octanol–water partition coefficient (Wildman–Crippen LogP) is 4.00. The van der Waals surface area contributed by atoms with Crippen LogP contribution in [-0.2, 0) is 16.0 Å². The first kappa shape index (κ1) is 23.5. The molecule has 1 aromatic carbocycles. The first-order valence-electron chi connectivity index (χ1n) is 11.6. The van der Waals surface area contributed by atoms with Gasteiger partial charge in [0.1, 0.15) is 5.82 Å². The average Bonchev–Trinajstić information content (AvgIpc) is 3.37. The zero-order chi connectivity index (χ0) is 24.7. The van der Waals surface area contributed by atoms with Gasteiger partial charge in [-0.2, -0.15) is 15.0 Å². The molecule has 0 aliphatic carbocycles. The van der Waals surface area contributed by atoms with Gasteiger partial charge in [-0.25, -0.2) is 14.7 Å². The minimum Gasteiger partial charge on any atom is -0.435 e. The number of ether oxygens (including phenoxy) is 2. The van der Waals surface area contributed by atoms with Crippen LogP contribution in [0.3, 0.4) is 0 Å². The summed E-state index contributed by atoms with van der Waals surface area (Å²) in [7, 11) is 0. The van der Waals surface area contributed by atoms with Crippen molar-refractivity contribution in [1.82, 2.24) is 24.5 Å². The summed E-state index contributed by atoms with van der Waals surface area (Å²) in [6, 6.07) is 7.34. The summed E-state index contributed by atoms with van der Waals surface area (Å²) in [6.45, 7) is 9.30. The normalized spacial score (nSPS) is 19.7. The molecular weight excluding hydrogens is 470 g/mol. The van der Waals surface area contributed by atoms with Gasteiger partial charge in [0.05, 0.1) is 37.3 Å². The van der Waals surface area contributed by atoms with E-state index in [0.717, 1.165) is 11.3 Å². The third-order valence-corrected chi connectivity index (χ3v) is 6.55. The number of benzene rings is 1. The SMILES string of the molecule is Cc1nc(N[C@@H](C)c2cn(Cc3ccc(Cl)cc3)cn2)nc(N2C(=O)OC3(COC3)[C@@H]2C(C)C)n1. The molecule has 2 fully saturated rings. The van der Waals surface area contributed by atoms with Crippen LogP contribution in [0.4, 0.5) is 16.7 Å². The Morgan fingerprint density at radius 1 is 1.17 bits per heavy atom. The third-order valence-electron chi connectivity index (χ3n) is 6.30. The van der Waals surface area contributed by atoms with Crippen molar-refractivity contribution in [3.8, 4) is 0 Å². The minimum absolute atomic E-state index is 0.127. The monoisotopic (exact) mass is 497 g/mol. The maximum Gasteiger partial charge on any atom is 0.417 e. The number of carbonyl (C=O) groups is 1. The summed E-state index contributed by atoms with van der Waals surface area (Å²) in [6.07, 6.45) is 3.31. The molecule has 2 aliphatic rings. The van der Waals surface area contributed by atoms with Gasteiger partial charge in [-0.1, -0.05) is 37.6 Å². The summed E-state index contributed by atoms with van der Waals surface area (Å²) < 4.78 is 13.1. The van der Waals surface area contributed by atoms with Gasteiger partial charge < -0.3 is 19.4 Å². The van der Waals surface area contributed by atoms with Crippen LogP contribution in [0.15, 0.2) is 36.8 Å². The van der Waals surface area contributed by atoms with E-state index in [4.69, 9.17) is 21.1 Å².